The van der Waals surface area contributed by atoms with E-state index in [1.54, 1.807) is 0 Å². The van der Waals surface area contributed by atoms with E-state index in [1.807, 2.05) is 6.08 Å². The van der Waals surface area contributed by atoms with Crippen molar-refractivity contribution in [3.8, 4) is 0 Å². The molecule has 0 aromatic heterocycles. The standard InChI is InChI=1S/C8H13NO/c9-7-10-6-8-4-2-1-3-5-8/h1-4,8H,5-7,9H2. The summed E-state index contributed by atoms with van der Waals surface area (Å²) in [5, 5.41) is 0. The van der Waals surface area contributed by atoms with Gasteiger partial charge in [-0.25, -0.2) is 0 Å². The molecule has 10 heavy (non-hydrogen) atoms. The lowest BCUT2D eigenvalue weighted by Gasteiger charge is -2.11. The molecule has 2 heteroatoms. The Morgan fingerprint density at radius 1 is 1.50 bits per heavy atom. The molecule has 1 rings (SSSR count). The normalized spacial score (nSPS) is 23.5. The molecule has 2 nitrogen and oxygen atoms in total. The maximum Gasteiger partial charge on any atom is 0.0940 e. The van der Waals surface area contributed by atoms with E-state index in [4.69, 9.17) is 10.5 Å². The Bertz CT molecular complexity index is 140. The third-order valence-corrected chi connectivity index (χ3v) is 1.52. The average molecular weight is 139 g/mol. The van der Waals surface area contributed by atoms with E-state index in [1.165, 1.54) is 0 Å². The fourth-order valence-electron chi connectivity index (χ4n) is 0.975. The van der Waals surface area contributed by atoms with E-state index < -0.39 is 0 Å². The Morgan fingerprint density at radius 3 is 3.00 bits per heavy atom. The minimum Gasteiger partial charge on any atom is -0.366 e. The van der Waals surface area contributed by atoms with Gasteiger partial charge in [-0.15, -0.1) is 0 Å². The number of allylic oxidation sites excluding steroid dienone is 3. The predicted molar refractivity (Wildman–Crippen MR) is 41.4 cm³/mol. The maximum absolute atomic E-state index is 5.18. The first-order valence-corrected chi connectivity index (χ1v) is 3.54. The van der Waals surface area contributed by atoms with Crippen molar-refractivity contribution >= 4 is 0 Å². The summed E-state index contributed by atoms with van der Waals surface area (Å²) < 4.78 is 5.07. The minimum atomic E-state index is 0.327. The third-order valence-electron chi connectivity index (χ3n) is 1.52. The highest BCUT2D eigenvalue weighted by Gasteiger charge is 2.03. The first kappa shape index (κ1) is 7.51. The van der Waals surface area contributed by atoms with Gasteiger partial charge >= 0.3 is 0 Å². The largest absolute Gasteiger partial charge is 0.366 e. The highest BCUT2D eigenvalue weighted by atomic mass is 16.5. The fourth-order valence-corrected chi connectivity index (χ4v) is 0.975. The van der Waals surface area contributed by atoms with Gasteiger partial charge in [0.2, 0.25) is 0 Å². The molecule has 1 aliphatic rings. The van der Waals surface area contributed by atoms with E-state index in [0.29, 0.717) is 12.6 Å². The number of nitrogens with two attached hydrogens (primary N) is 1. The van der Waals surface area contributed by atoms with Gasteiger partial charge in [0.1, 0.15) is 0 Å². The van der Waals surface area contributed by atoms with Crippen LogP contribution in [0.3, 0.4) is 0 Å². The monoisotopic (exact) mass is 139 g/mol. The number of hydrogen-bond donors (Lipinski definition) is 1. The summed E-state index contributed by atoms with van der Waals surface area (Å²) in [7, 11) is 0. The van der Waals surface area contributed by atoms with Crippen molar-refractivity contribution < 1.29 is 4.74 Å². The van der Waals surface area contributed by atoms with Crippen LogP contribution in [-0.4, -0.2) is 13.3 Å². The summed E-state index contributed by atoms with van der Waals surface area (Å²) in [5.41, 5.74) is 5.18. The highest BCUT2D eigenvalue weighted by molar-refractivity contribution is 5.10. The van der Waals surface area contributed by atoms with E-state index in [-0.39, 0.29) is 0 Å². The van der Waals surface area contributed by atoms with Crippen LogP contribution in [0.2, 0.25) is 0 Å². The molecule has 0 radical (unpaired) electrons. The molecule has 0 aromatic rings. The Balaban J connectivity index is 2.17. The molecule has 0 amide bonds. The van der Waals surface area contributed by atoms with Gasteiger partial charge in [-0.1, -0.05) is 24.3 Å². The Morgan fingerprint density at radius 2 is 2.40 bits per heavy atom. The third kappa shape index (κ3) is 2.33. The zero-order valence-corrected chi connectivity index (χ0v) is 5.99. The van der Waals surface area contributed by atoms with Gasteiger partial charge in [0.25, 0.3) is 0 Å². The number of rotatable bonds is 3. The molecule has 0 heterocycles. The van der Waals surface area contributed by atoms with Crippen LogP contribution in [0.25, 0.3) is 0 Å². The van der Waals surface area contributed by atoms with E-state index in [2.05, 4.69) is 18.2 Å². The van der Waals surface area contributed by atoms with Crippen molar-refractivity contribution in [2.24, 2.45) is 11.7 Å². The van der Waals surface area contributed by atoms with E-state index in [9.17, 15) is 0 Å². The molecule has 0 fully saturated rings. The Hall–Kier alpha value is -0.600. The molecule has 0 saturated carbocycles. The summed E-state index contributed by atoms with van der Waals surface area (Å²) in [6.07, 6.45) is 9.48. The van der Waals surface area contributed by atoms with Crippen molar-refractivity contribution in [2.75, 3.05) is 13.3 Å². The molecule has 1 atom stereocenters. The second-order valence-electron chi connectivity index (χ2n) is 2.35. The molecule has 1 aliphatic carbocycles. The van der Waals surface area contributed by atoms with Gasteiger partial charge < -0.3 is 10.5 Å². The number of ether oxygens (including phenoxy) is 1. The summed E-state index contributed by atoms with van der Waals surface area (Å²) >= 11 is 0. The zero-order valence-electron chi connectivity index (χ0n) is 5.99. The molecule has 0 saturated heterocycles. The fraction of sp³-hybridized carbons (Fsp3) is 0.500. The van der Waals surface area contributed by atoms with Crippen LogP contribution < -0.4 is 5.73 Å². The molecule has 0 aliphatic heterocycles. The van der Waals surface area contributed by atoms with Gasteiger partial charge in [-0.05, 0) is 6.42 Å². The maximum atomic E-state index is 5.18. The van der Waals surface area contributed by atoms with Gasteiger partial charge in [-0.2, -0.15) is 0 Å². The second-order valence-corrected chi connectivity index (χ2v) is 2.35. The lowest BCUT2D eigenvalue weighted by molar-refractivity contribution is 0.119. The van der Waals surface area contributed by atoms with Crippen LogP contribution in [0.1, 0.15) is 6.42 Å². The molecule has 0 bridgehead atoms. The topological polar surface area (TPSA) is 35.2 Å². The zero-order chi connectivity index (χ0) is 7.23. The first-order valence-electron chi connectivity index (χ1n) is 3.54. The SMILES string of the molecule is NCOCC1C=CC=CC1. The molecule has 2 N–H and O–H groups in total. The molecule has 0 aromatic carbocycles. The Labute approximate surface area is 61.4 Å². The average Bonchev–Trinajstić information content (AvgIpc) is 2.03. The minimum absolute atomic E-state index is 0.327. The van der Waals surface area contributed by atoms with Crippen LogP contribution in [0.15, 0.2) is 24.3 Å². The van der Waals surface area contributed by atoms with Gasteiger partial charge in [0, 0.05) is 5.92 Å². The van der Waals surface area contributed by atoms with Crippen molar-refractivity contribution in [1.29, 1.82) is 0 Å². The van der Waals surface area contributed by atoms with Crippen LogP contribution in [0.5, 0.6) is 0 Å². The van der Waals surface area contributed by atoms with Gasteiger partial charge in [0.05, 0.1) is 13.3 Å². The van der Waals surface area contributed by atoms with Crippen molar-refractivity contribution in [2.45, 2.75) is 6.42 Å². The molecular weight excluding hydrogens is 126 g/mol. The molecular formula is C8H13NO. The van der Waals surface area contributed by atoms with Crippen LogP contribution in [0.4, 0.5) is 0 Å². The quantitative estimate of drug-likeness (QED) is 0.593. The second kappa shape index (κ2) is 4.25. The van der Waals surface area contributed by atoms with Crippen LogP contribution >= 0.6 is 0 Å². The molecule has 1 unspecified atom stereocenters. The highest BCUT2D eigenvalue weighted by Crippen LogP contribution is 2.10. The van der Waals surface area contributed by atoms with Gasteiger partial charge in [-0.3, -0.25) is 0 Å². The smallest absolute Gasteiger partial charge is 0.0940 e. The Kier molecular flexibility index (Phi) is 3.19. The van der Waals surface area contributed by atoms with E-state index >= 15 is 0 Å². The summed E-state index contributed by atoms with van der Waals surface area (Å²) in [5.74, 6) is 0.536. The lowest BCUT2D eigenvalue weighted by atomic mass is 10.0. The van der Waals surface area contributed by atoms with Crippen molar-refractivity contribution in [3.05, 3.63) is 24.3 Å². The van der Waals surface area contributed by atoms with Crippen LogP contribution in [0, 0.1) is 5.92 Å². The first-order chi connectivity index (χ1) is 4.93. The summed E-state index contributed by atoms with van der Waals surface area (Å²) in [6.45, 7) is 1.07. The van der Waals surface area contributed by atoms with Crippen molar-refractivity contribution in [3.63, 3.8) is 0 Å². The summed E-state index contributed by atoms with van der Waals surface area (Å²) in [4.78, 5) is 0. The van der Waals surface area contributed by atoms with E-state index in [0.717, 1.165) is 13.0 Å². The number of hydrogen-bond acceptors (Lipinski definition) is 2. The predicted octanol–water partition coefficient (Wildman–Crippen LogP) is 1.05. The van der Waals surface area contributed by atoms with Gasteiger partial charge in [0.15, 0.2) is 0 Å². The lowest BCUT2D eigenvalue weighted by Crippen LogP contribution is -2.12. The molecule has 0 spiro atoms. The van der Waals surface area contributed by atoms with Crippen LogP contribution in [-0.2, 0) is 4.74 Å². The summed E-state index contributed by atoms with van der Waals surface area (Å²) in [6, 6.07) is 0. The van der Waals surface area contributed by atoms with Crippen molar-refractivity contribution in [1.82, 2.24) is 0 Å². The molecule has 56 valence electrons.